The third-order valence-electron chi connectivity index (χ3n) is 2.73. The van der Waals surface area contributed by atoms with Crippen LogP contribution in [0.3, 0.4) is 0 Å². The van der Waals surface area contributed by atoms with E-state index in [2.05, 4.69) is 5.32 Å². The van der Waals surface area contributed by atoms with Gasteiger partial charge in [-0.3, -0.25) is 0 Å². The number of benzene rings is 2. The van der Waals surface area contributed by atoms with E-state index < -0.39 is 23.5 Å². The first-order chi connectivity index (χ1) is 8.97. The van der Waals surface area contributed by atoms with Crippen LogP contribution in [-0.4, -0.2) is 0 Å². The van der Waals surface area contributed by atoms with Gasteiger partial charge in [0.25, 0.3) is 0 Å². The standard InChI is InChI=1S/C14H11ClF3N/c1-8(11-6-9(16)2-4-13(11)17)19-10-3-5-14(18)12(15)7-10/h2-8,19H,1H3. The first-order valence-electron chi connectivity index (χ1n) is 5.64. The molecular weight excluding hydrogens is 275 g/mol. The van der Waals surface area contributed by atoms with E-state index in [9.17, 15) is 13.2 Å². The molecule has 0 heterocycles. The normalized spacial score (nSPS) is 12.3. The van der Waals surface area contributed by atoms with Crippen molar-refractivity contribution in [3.63, 3.8) is 0 Å². The highest BCUT2D eigenvalue weighted by atomic mass is 35.5. The average molecular weight is 286 g/mol. The van der Waals surface area contributed by atoms with E-state index in [-0.39, 0.29) is 10.6 Å². The van der Waals surface area contributed by atoms with Crippen LogP contribution in [0.15, 0.2) is 36.4 Å². The van der Waals surface area contributed by atoms with Gasteiger partial charge in [-0.05, 0) is 43.3 Å². The lowest BCUT2D eigenvalue weighted by Crippen LogP contribution is -2.09. The molecule has 2 aromatic carbocycles. The number of hydrogen-bond donors (Lipinski definition) is 1. The molecule has 0 aromatic heterocycles. The Bertz CT molecular complexity index is 601. The van der Waals surface area contributed by atoms with Crippen molar-refractivity contribution < 1.29 is 13.2 Å². The summed E-state index contributed by atoms with van der Waals surface area (Å²) in [6, 6.07) is 6.86. The summed E-state index contributed by atoms with van der Waals surface area (Å²) in [5.41, 5.74) is 0.725. The predicted molar refractivity (Wildman–Crippen MR) is 69.8 cm³/mol. The molecule has 0 bridgehead atoms. The van der Waals surface area contributed by atoms with Gasteiger partial charge < -0.3 is 5.32 Å². The molecule has 5 heteroatoms. The maximum Gasteiger partial charge on any atom is 0.141 e. The molecule has 0 spiro atoms. The van der Waals surface area contributed by atoms with Crippen LogP contribution in [0.25, 0.3) is 0 Å². The van der Waals surface area contributed by atoms with Crippen molar-refractivity contribution in [3.8, 4) is 0 Å². The van der Waals surface area contributed by atoms with Gasteiger partial charge in [0.15, 0.2) is 0 Å². The summed E-state index contributed by atoms with van der Waals surface area (Å²) < 4.78 is 39.7. The molecule has 1 nitrogen and oxygen atoms in total. The molecule has 0 saturated carbocycles. The van der Waals surface area contributed by atoms with Crippen molar-refractivity contribution in [3.05, 3.63) is 64.4 Å². The monoisotopic (exact) mass is 285 g/mol. The van der Waals surface area contributed by atoms with Gasteiger partial charge in [-0.25, -0.2) is 13.2 Å². The van der Waals surface area contributed by atoms with Crippen molar-refractivity contribution in [1.82, 2.24) is 0 Å². The molecule has 1 atom stereocenters. The number of anilines is 1. The van der Waals surface area contributed by atoms with E-state index in [1.165, 1.54) is 18.2 Å². The van der Waals surface area contributed by atoms with Crippen molar-refractivity contribution in [2.45, 2.75) is 13.0 Å². The predicted octanol–water partition coefficient (Wildman–Crippen LogP) is 4.93. The van der Waals surface area contributed by atoms with Gasteiger partial charge in [-0.15, -0.1) is 0 Å². The van der Waals surface area contributed by atoms with Crippen LogP contribution in [0, 0.1) is 17.5 Å². The molecule has 100 valence electrons. The Labute approximate surface area is 114 Å². The quantitative estimate of drug-likeness (QED) is 0.843. The molecule has 0 saturated heterocycles. The van der Waals surface area contributed by atoms with Gasteiger partial charge in [0.2, 0.25) is 0 Å². The van der Waals surface area contributed by atoms with Gasteiger partial charge in [0, 0.05) is 11.3 Å². The van der Waals surface area contributed by atoms with E-state index >= 15 is 0 Å². The minimum Gasteiger partial charge on any atom is -0.378 e. The Morgan fingerprint density at radius 2 is 1.68 bits per heavy atom. The Morgan fingerprint density at radius 3 is 2.37 bits per heavy atom. The second-order valence-electron chi connectivity index (χ2n) is 4.16. The molecule has 0 aliphatic rings. The fourth-order valence-corrected chi connectivity index (χ4v) is 1.94. The molecule has 0 amide bonds. The lowest BCUT2D eigenvalue weighted by molar-refractivity contribution is 0.577. The van der Waals surface area contributed by atoms with Crippen LogP contribution >= 0.6 is 11.6 Å². The first kappa shape index (κ1) is 13.7. The highest BCUT2D eigenvalue weighted by molar-refractivity contribution is 6.31. The van der Waals surface area contributed by atoms with Crippen molar-refractivity contribution in [1.29, 1.82) is 0 Å². The lowest BCUT2D eigenvalue weighted by atomic mass is 10.1. The number of hydrogen-bond acceptors (Lipinski definition) is 1. The van der Waals surface area contributed by atoms with E-state index in [1.54, 1.807) is 6.92 Å². The van der Waals surface area contributed by atoms with Crippen molar-refractivity contribution in [2.24, 2.45) is 0 Å². The fourth-order valence-electron chi connectivity index (χ4n) is 1.76. The molecule has 19 heavy (non-hydrogen) atoms. The third-order valence-corrected chi connectivity index (χ3v) is 3.02. The Kier molecular flexibility index (Phi) is 4.00. The largest absolute Gasteiger partial charge is 0.378 e. The average Bonchev–Trinajstić information content (AvgIpc) is 2.36. The summed E-state index contributed by atoms with van der Waals surface area (Å²) in [4.78, 5) is 0. The van der Waals surface area contributed by atoms with Crippen LogP contribution in [0.1, 0.15) is 18.5 Å². The second kappa shape index (κ2) is 5.53. The number of halogens is 4. The van der Waals surface area contributed by atoms with Crippen LogP contribution in [0.2, 0.25) is 5.02 Å². The zero-order valence-electron chi connectivity index (χ0n) is 10.1. The zero-order valence-corrected chi connectivity index (χ0v) is 10.8. The molecule has 0 radical (unpaired) electrons. The molecule has 0 fully saturated rings. The van der Waals surface area contributed by atoms with E-state index in [0.717, 1.165) is 18.2 Å². The van der Waals surface area contributed by atoms with E-state index in [0.29, 0.717) is 5.69 Å². The molecule has 2 rings (SSSR count). The smallest absolute Gasteiger partial charge is 0.141 e. The summed E-state index contributed by atoms with van der Waals surface area (Å²) in [7, 11) is 0. The van der Waals surface area contributed by atoms with Crippen LogP contribution in [0.5, 0.6) is 0 Å². The van der Waals surface area contributed by atoms with Gasteiger partial charge in [-0.2, -0.15) is 0 Å². The molecule has 2 aromatic rings. The molecule has 0 aliphatic heterocycles. The number of nitrogens with one attached hydrogen (secondary N) is 1. The summed E-state index contributed by atoms with van der Waals surface area (Å²) in [5, 5.41) is 2.91. The summed E-state index contributed by atoms with van der Waals surface area (Å²) in [6.07, 6.45) is 0. The minimum absolute atomic E-state index is 0.0306. The number of rotatable bonds is 3. The molecular formula is C14H11ClF3N. The van der Waals surface area contributed by atoms with Crippen molar-refractivity contribution in [2.75, 3.05) is 5.32 Å². The van der Waals surface area contributed by atoms with Gasteiger partial charge in [0.1, 0.15) is 17.5 Å². The highest BCUT2D eigenvalue weighted by Gasteiger charge is 2.12. The van der Waals surface area contributed by atoms with Crippen molar-refractivity contribution >= 4 is 17.3 Å². The second-order valence-corrected chi connectivity index (χ2v) is 4.57. The summed E-state index contributed by atoms with van der Waals surface area (Å²) in [6.45, 7) is 1.68. The highest BCUT2D eigenvalue weighted by Crippen LogP contribution is 2.25. The van der Waals surface area contributed by atoms with Gasteiger partial charge >= 0.3 is 0 Å². The Hall–Kier alpha value is -1.68. The Morgan fingerprint density at radius 1 is 1.00 bits per heavy atom. The first-order valence-corrected chi connectivity index (χ1v) is 6.01. The SMILES string of the molecule is CC(Nc1ccc(F)c(Cl)c1)c1cc(F)ccc1F. The zero-order chi connectivity index (χ0) is 14.0. The molecule has 0 aliphatic carbocycles. The van der Waals surface area contributed by atoms with E-state index in [1.807, 2.05) is 0 Å². The van der Waals surface area contributed by atoms with Gasteiger partial charge in [-0.1, -0.05) is 11.6 Å². The van der Waals surface area contributed by atoms with Crippen LogP contribution < -0.4 is 5.32 Å². The maximum absolute atomic E-state index is 13.6. The summed E-state index contributed by atoms with van der Waals surface area (Å²) in [5.74, 6) is -1.55. The lowest BCUT2D eigenvalue weighted by Gasteiger charge is -2.16. The Balaban J connectivity index is 2.22. The third kappa shape index (κ3) is 3.20. The topological polar surface area (TPSA) is 12.0 Å². The maximum atomic E-state index is 13.6. The van der Waals surface area contributed by atoms with Crippen LogP contribution in [-0.2, 0) is 0 Å². The van der Waals surface area contributed by atoms with Crippen LogP contribution in [0.4, 0.5) is 18.9 Å². The molecule has 1 unspecified atom stereocenters. The van der Waals surface area contributed by atoms with Gasteiger partial charge in [0.05, 0.1) is 11.1 Å². The molecule has 1 N–H and O–H groups in total. The fraction of sp³-hybridized carbons (Fsp3) is 0.143. The summed E-state index contributed by atoms with van der Waals surface area (Å²) >= 11 is 5.65. The minimum atomic E-state index is -0.531. The van der Waals surface area contributed by atoms with E-state index in [4.69, 9.17) is 11.6 Å².